The van der Waals surface area contributed by atoms with Gasteiger partial charge >= 0.3 is 6.55 Å². The van der Waals surface area contributed by atoms with Gasteiger partial charge in [-0.05, 0) is 29.1 Å². The number of sulfonamides is 1. The van der Waals surface area contributed by atoms with E-state index < -0.39 is 16.6 Å². The molecule has 0 saturated heterocycles. The van der Waals surface area contributed by atoms with Crippen LogP contribution < -0.4 is 10.0 Å². The molecule has 0 aliphatic carbocycles. The van der Waals surface area contributed by atoms with E-state index in [4.69, 9.17) is 0 Å². The second-order valence-electron chi connectivity index (χ2n) is 6.04. The summed E-state index contributed by atoms with van der Waals surface area (Å²) in [7, 11) is -3.62. The lowest BCUT2D eigenvalue weighted by Crippen LogP contribution is -2.28. The third-order valence-electron chi connectivity index (χ3n) is 3.96. The van der Waals surface area contributed by atoms with Gasteiger partial charge < -0.3 is 5.32 Å². The smallest absolute Gasteiger partial charge is 0.319 e. The first-order valence-corrected chi connectivity index (χ1v) is 10.9. The molecule has 154 valence electrons. The zero-order valence-corrected chi connectivity index (χ0v) is 16.7. The molecule has 1 amide bonds. The number of benzene rings is 1. The van der Waals surface area contributed by atoms with Gasteiger partial charge in [0.05, 0.1) is 6.42 Å². The van der Waals surface area contributed by atoms with Crippen molar-refractivity contribution in [3.63, 3.8) is 0 Å². The minimum Gasteiger partial charge on any atom is -0.355 e. The van der Waals surface area contributed by atoms with Crippen molar-refractivity contribution in [3.05, 3.63) is 65.6 Å². The fraction of sp³-hybridized carbons (Fsp3) is 0.222. The van der Waals surface area contributed by atoms with Gasteiger partial charge in [-0.1, -0.05) is 18.2 Å². The lowest BCUT2D eigenvalue weighted by atomic mass is 10.1. The molecule has 0 spiro atoms. The number of carbonyl (C=O) groups excluding carboxylic acids is 1. The molecule has 7 nitrogen and oxygen atoms in total. The predicted octanol–water partition coefficient (Wildman–Crippen LogP) is 3.04. The number of hydrogen-bond donors (Lipinski definition) is 2. The highest BCUT2D eigenvalue weighted by molar-refractivity contribution is 7.94. The molecule has 0 saturated carbocycles. The first kappa shape index (κ1) is 20.9. The summed E-state index contributed by atoms with van der Waals surface area (Å²) < 4.78 is 53.3. The van der Waals surface area contributed by atoms with E-state index in [2.05, 4.69) is 15.0 Å². The molecule has 3 aromatic rings. The van der Waals surface area contributed by atoms with E-state index in [0.717, 1.165) is 15.9 Å². The molecule has 0 fully saturated rings. The summed E-state index contributed by atoms with van der Waals surface area (Å²) in [5.41, 5.74) is 1.08. The molecule has 3 rings (SSSR count). The van der Waals surface area contributed by atoms with Crippen LogP contribution in [0.4, 0.5) is 14.5 Å². The molecule has 11 heteroatoms. The summed E-state index contributed by atoms with van der Waals surface area (Å²) in [6.07, 6.45) is 2.75. The molecule has 0 aliphatic rings. The average Bonchev–Trinajstić information content (AvgIpc) is 3.35. The second-order valence-corrected chi connectivity index (χ2v) is 8.90. The van der Waals surface area contributed by atoms with Gasteiger partial charge in [-0.15, -0.1) is 11.3 Å². The zero-order valence-electron chi connectivity index (χ0n) is 15.1. The topological polar surface area (TPSA) is 93.1 Å². The number of alkyl halides is 2. The third kappa shape index (κ3) is 5.61. The molecule has 2 heterocycles. The van der Waals surface area contributed by atoms with Crippen molar-refractivity contribution in [1.29, 1.82) is 0 Å². The first-order valence-electron chi connectivity index (χ1n) is 8.57. The van der Waals surface area contributed by atoms with Crippen molar-refractivity contribution < 1.29 is 22.0 Å². The van der Waals surface area contributed by atoms with Gasteiger partial charge in [0, 0.05) is 31.0 Å². The lowest BCUT2D eigenvalue weighted by Gasteiger charge is -2.09. The van der Waals surface area contributed by atoms with Crippen LogP contribution in [0.1, 0.15) is 17.9 Å². The van der Waals surface area contributed by atoms with Crippen LogP contribution in [0.2, 0.25) is 0 Å². The highest BCUT2D eigenvalue weighted by Gasteiger charge is 2.15. The quantitative estimate of drug-likeness (QED) is 0.535. The number of hydrogen-bond acceptors (Lipinski definition) is 5. The van der Waals surface area contributed by atoms with Gasteiger partial charge in [-0.25, -0.2) is 13.4 Å². The Kier molecular flexibility index (Phi) is 6.60. The number of rotatable bonds is 9. The maximum atomic E-state index is 12.7. The van der Waals surface area contributed by atoms with Gasteiger partial charge in [0.1, 0.15) is 10.0 Å². The van der Waals surface area contributed by atoms with Crippen LogP contribution in [0.15, 0.2) is 58.4 Å². The Labute approximate surface area is 170 Å². The fourth-order valence-corrected chi connectivity index (χ4v) is 4.64. The van der Waals surface area contributed by atoms with Crippen molar-refractivity contribution in [1.82, 2.24) is 14.9 Å². The number of anilines is 1. The Bertz CT molecular complexity index is 1050. The number of thiophene rings is 1. The number of nitrogens with zero attached hydrogens (tertiary/aromatic N) is 2. The van der Waals surface area contributed by atoms with Gasteiger partial charge in [0.25, 0.3) is 10.0 Å². The number of nitrogens with one attached hydrogen (secondary N) is 2. The van der Waals surface area contributed by atoms with E-state index in [9.17, 15) is 22.0 Å². The molecule has 0 aliphatic heterocycles. The normalized spacial score (nSPS) is 11.6. The first-order chi connectivity index (χ1) is 13.8. The van der Waals surface area contributed by atoms with Gasteiger partial charge in [0.2, 0.25) is 5.91 Å². The van der Waals surface area contributed by atoms with E-state index >= 15 is 0 Å². The van der Waals surface area contributed by atoms with E-state index in [0.29, 0.717) is 11.3 Å². The largest absolute Gasteiger partial charge is 0.355 e. The number of carbonyl (C=O) groups is 1. The Morgan fingerprint density at radius 1 is 1.21 bits per heavy atom. The summed E-state index contributed by atoms with van der Waals surface area (Å²) in [4.78, 5) is 15.9. The molecule has 2 N–H and O–H groups in total. The number of aromatic nitrogens is 2. The van der Waals surface area contributed by atoms with Crippen LogP contribution in [0.3, 0.4) is 0 Å². The summed E-state index contributed by atoms with van der Waals surface area (Å²) in [5.74, 6) is -0.0743. The van der Waals surface area contributed by atoms with Crippen LogP contribution in [0.5, 0.6) is 0 Å². The number of imidazole rings is 1. The Morgan fingerprint density at radius 2 is 1.97 bits per heavy atom. The van der Waals surface area contributed by atoms with E-state index in [1.54, 1.807) is 35.7 Å². The van der Waals surface area contributed by atoms with Gasteiger partial charge in [-0.3, -0.25) is 14.1 Å². The standard InChI is InChI=1S/C18H18F2N4O3S2/c19-18(20)24-10-9-21-15(24)7-8-22-16(25)12-13-3-5-14(6-4-13)23-29(26,27)17-2-1-11-28-17/h1-6,9-11,18,23H,7-8,12H2,(H,22,25). The second kappa shape index (κ2) is 9.14. The number of halogens is 2. The maximum Gasteiger partial charge on any atom is 0.319 e. The average molecular weight is 440 g/mol. The van der Waals surface area contributed by atoms with Crippen LogP contribution in [0.25, 0.3) is 0 Å². The maximum absolute atomic E-state index is 12.7. The highest BCUT2D eigenvalue weighted by Crippen LogP contribution is 2.20. The summed E-state index contributed by atoms with van der Waals surface area (Å²) in [5, 5.41) is 4.34. The van der Waals surface area contributed by atoms with Crippen LogP contribution >= 0.6 is 11.3 Å². The molecule has 0 radical (unpaired) electrons. The number of amides is 1. The minimum absolute atomic E-state index is 0.0846. The fourth-order valence-electron chi connectivity index (χ4n) is 2.59. The van der Waals surface area contributed by atoms with Crippen LogP contribution in [-0.2, 0) is 27.7 Å². The van der Waals surface area contributed by atoms with Gasteiger partial charge in [0.15, 0.2) is 0 Å². The monoisotopic (exact) mass is 440 g/mol. The van der Waals surface area contributed by atoms with E-state index in [1.165, 1.54) is 18.5 Å². The molecular weight excluding hydrogens is 422 g/mol. The molecule has 29 heavy (non-hydrogen) atoms. The molecule has 0 atom stereocenters. The van der Waals surface area contributed by atoms with Gasteiger partial charge in [-0.2, -0.15) is 8.78 Å². The van der Waals surface area contributed by atoms with Crippen LogP contribution in [0, 0.1) is 0 Å². The zero-order chi connectivity index (χ0) is 20.9. The van der Waals surface area contributed by atoms with E-state index in [1.807, 2.05) is 0 Å². The summed E-state index contributed by atoms with van der Waals surface area (Å²) in [6.45, 7) is -2.49. The SMILES string of the molecule is O=C(Cc1ccc(NS(=O)(=O)c2cccs2)cc1)NCCc1nccn1C(F)F. The summed E-state index contributed by atoms with van der Waals surface area (Å²) >= 11 is 1.12. The van der Waals surface area contributed by atoms with Crippen molar-refractivity contribution >= 4 is 33.0 Å². The van der Waals surface area contributed by atoms with Crippen molar-refractivity contribution in [3.8, 4) is 0 Å². The van der Waals surface area contributed by atoms with Crippen molar-refractivity contribution in [2.75, 3.05) is 11.3 Å². The Morgan fingerprint density at radius 3 is 2.62 bits per heavy atom. The molecule has 0 bridgehead atoms. The summed E-state index contributed by atoms with van der Waals surface area (Å²) in [6, 6.07) is 9.62. The third-order valence-corrected chi connectivity index (χ3v) is 6.74. The highest BCUT2D eigenvalue weighted by atomic mass is 32.2. The van der Waals surface area contributed by atoms with E-state index in [-0.39, 0.29) is 35.3 Å². The van der Waals surface area contributed by atoms with Crippen molar-refractivity contribution in [2.24, 2.45) is 0 Å². The van der Waals surface area contributed by atoms with Crippen LogP contribution in [-0.4, -0.2) is 30.4 Å². The predicted molar refractivity (Wildman–Crippen MR) is 105 cm³/mol. The Hall–Kier alpha value is -2.79. The Balaban J connectivity index is 1.49. The minimum atomic E-state index is -3.62. The lowest BCUT2D eigenvalue weighted by molar-refractivity contribution is -0.120. The molecular formula is C18H18F2N4O3S2. The molecule has 1 aromatic carbocycles. The van der Waals surface area contributed by atoms with Crippen molar-refractivity contribution in [2.45, 2.75) is 23.6 Å². The molecule has 2 aromatic heterocycles. The molecule has 0 unspecified atom stereocenters.